The van der Waals surface area contributed by atoms with Crippen molar-refractivity contribution in [2.75, 3.05) is 52.6 Å². The molecule has 2 aromatic rings. The fourth-order valence-electron chi connectivity index (χ4n) is 3.65. The van der Waals surface area contributed by atoms with Crippen LogP contribution in [0, 0.1) is 17.1 Å². The highest BCUT2D eigenvalue weighted by molar-refractivity contribution is 5.47. The maximum Gasteiger partial charge on any atom is 0.431 e. The Morgan fingerprint density at radius 1 is 1.03 bits per heavy atom. The number of morpholine rings is 2. The van der Waals surface area contributed by atoms with E-state index in [1.165, 1.54) is 6.42 Å². The van der Waals surface area contributed by atoms with Gasteiger partial charge in [-0.3, -0.25) is 14.3 Å². The van der Waals surface area contributed by atoms with Crippen molar-refractivity contribution in [2.24, 2.45) is 7.05 Å². The average Bonchev–Trinajstić information content (AvgIpc) is 2.89. The molecule has 3 heterocycles. The number of halogens is 4. The van der Waals surface area contributed by atoms with Crippen molar-refractivity contribution in [3.05, 3.63) is 61.7 Å². The molecule has 38 heavy (non-hydrogen) atoms. The monoisotopic (exact) mass is 543 g/mol. The topological polar surface area (TPSA) is 102 Å². The molecule has 0 unspecified atom stereocenters. The molecule has 0 aliphatic carbocycles. The number of benzene rings is 1. The summed E-state index contributed by atoms with van der Waals surface area (Å²) < 4.78 is 64.4. The lowest BCUT2D eigenvalue weighted by Gasteiger charge is -2.27. The van der Waals surface area contributed by atoms with Gasteiger partial charge >= 0.3 is 11.9 Å². The van der Waals surface area contributed by atoms with Crippen molar-refractivity contribution in [1.82, 2.24) is 19.4 Å². The summed E-state index contributed by atoms with van der Waals surface area (Å²) in [6.45, 7) is 10.4. The second-order valence-corrected chi connectivity index (χ2v) is 8.57. The zero-order valence-corrected chi connectivity index (χ0v) is 21.7. The van der Waals surface area contributed by atoms with Crippen LogP contribution >= 0.6 is 0 Å². The maximum atomic E-state index is 14.6. The van der Waals surface area contributed by atoms with Crippen LogP contribution in [-0.4, -0.2) is 66.6 Å². The minimum Gasteiger partial charge on any atom is -0.379 e. The van der Waals surface area contributed by atoms with Gasteiger partial charge in [0, 0.05) is 45.8 Å². The van der Waals surface area contributed by atoms with E-state index in [4.69, 9.17) is 9.47 Å². The minimum absolute atomic E-state index is 0.00882. The molecule has 4 rings (SSSR count). The lowest BCUT2D eigenvalue weighted by atomic mass is 10.1. The van der Waals surface area contributed by atoms with Gasteiger partial charge in [-0.05, 0) is 17.7 Å². The van der Waals surface area contributed by atoms with E-state index < -0.39 is 34.6 Å². The molecular weight excluding hydrogens is 510 g/mol. The van der Waals surface area contributed by atoms with E-state index in [1.807, 2.05) is 11.0 Å². The van der Waals surface area contributed by atoms with E-state index in [2.05, 4.69) is 19.2 Å². The molecule has 0 amide bonds. The number of ether oxygens (including phenoxy) is 2. The lowest BCUT2D eigenvalue weighted by molar-refractivity contribution is -0.144. The summed E-state index contributed by atoms with van der Waals surface area (Å²) in [5.41, 5.74) is -4.25. The van der Waals surface area contributed by atoms with Crippen molar-refractivity contribution in [2.45, 2.75) is 33.0 Å². The van der Waals surface area contributed by atoms with Crippen molar-refractivity contribution >= 4 is 0 Å². The summed E-state index contributed by atoms with van der Waals surface area (Å²) in [5, 5.41) is 12.5. The third-order valence-corrected chi connectivity index (χ3v) is 5.49. The lowest BCUT2D eigenvalue weighted by Crippen LogP contribution is -2.41. The van der Waals surface area contributed by atoms with Crippen molar-refractivity contribution < 1.29 is 27.0 Å². The summed E-state index contributed by atoms with van der Waals surface area (Å²) in [5.74, 6) is -1.06. The van der Waals surface area contributed by atoms with Gasteiger partial charge in [-0.2, -0.15) is 18.4 Å². The zero-order valence-electron chi connectivity index (χ0n) is 21.7. The quantitative estimate of drug-likeness (QED) is 0.594. The maximum absolute atomic E-state index is 14.6. The van der Waals surface area contributed by atoms with E-state index in [-0.39, 0.29) is 22.7 Å². The third kappa shape index (κ3) is 8.49. The molecule has 13 heteroatoms. The van der Waals surface area contributed by atoms with Crippen LogP contribution in [0.15, 0.2) is 27.8 Å². The first-order valence-corrected chi connectivity index (χ1v) is 12.3. The first-order valence-electron chi connectivity index (χ1n) is 12.3. The molecule has 2 aliphatic heterocycles. The number of hydrogen-bond acceptors (Lipinski definition) is 7. The number of nitrogens with one attached hydrogen (secondary N) is 1. The average molecular weight is 544 g/mol. The first kappa shape index (κ1) is 31.2. The summed E-state index contributed by atoms with van der Waals surface area (Å²) in [6.07, 6.45) is -3.67. The van der Waals surface area contributed by atoms with Crippen LogP contribution < -0.4 is 16.6 Å². The second kappa shape index (κ2) is 14.8. The van der Waals surface area contributed by atoms with Crippen molar-refractivity contribution in [1.29, 1.82) is 5.26 Å². The Labute approximate surface area is 218 Å². The summed E-state index contributed by atoms with van der Waals surface area (Å²) in [4.78, 5) is 26.6. The van der Waals surface area contributed by atoms with Gasteiger partial charge < -0.3 is 14.8 Å². The van der Waals surface area contributed by atoms with Crippen LogP contribution in [0.25, 0.3) is 5.69 Å². The number of hydrogen-bond donors (Lipinski definition) is 1. The van der Waals surface area contributed by atoms with Gasteiger partial charge in [0.1, 0.15) is 11.5 Å². The smallest absolute Gasteiger partial charge is 0.379 e. The fourth-order valence-corrected chi connectivity index (χ4v) is 3.65. The van der Waals surface area contributed by atoms with Gasteiger partial charge in [0.2, 0.25) is 0 Å². The SMILES string of the molecule is C1COCCN1.CCC.Cn1c(C(F)(F)F)cc(=O)n(-c2cc(CN3CCOCC3)c(C#N)cc2F)c1=O. The highest BCUT2D eigenvalue weighted by Crippen LogP contribution is 2.27. The number of rotatable bonds is 3. The van der Waals surface area contributed by atoms with Gasteiger partial charge in [0.25, 0.3) is 5.56 Å². The van der Waals surface area contributed by atoms with E-state index in [0.717, 1.165) is 45.5 Å². The zero-order chi connectivity index (χ0) is 28.3. The van der Waals surface area contributed by atoms with E-state index in [9.17, 15) is 32.4 Å². The Morgan fingerprint density at radius 2 is 1.61 bits per heavy atom. The highest BCUT2D eigenvalue weighted by Gasteiger charge is 2.35. The number of nitrogens with zero attached hydrogens (tertiary/aromatic N) is 4. The highest BCUT2D eigenvalue weighted by atomic mass is 19.4. The van der Waals surface area contributed by atoms with E-state index >= 15 is 0 Å². The molecule has 2 saturated heterocycles. The van der Waals surface area contributed by atoms with Crippen LogP contribution in [-0.2, 0) is 29.2 Å². The fraction of sp³-hybridized carbons (Fsp3) is 0.560. The van der Waals surface area contributed by atoms with Crippen LogP contribution in [0.1, 0.15) is 37.1 Å². The number of alkyl halides is 3. The van der Waals surface area contributed by atoms with Gasteiger partial charge in [0.05, 0.1) is 43.7 Å². The normalized spacial score (nSPS) is 15.9. The summed E-state index contributed by atoms with van der Waals surface area (Å²) >= 11 is 0. The van der Waals surface area contributed by atoms with Crippen molar-refractivity contribution in [3.8, 4) is 11.8 Å². The Hall–Kier alpha value is -3.05. The largest absolute Gasteiger partial charge is 0.431 e. The molecule has 2 fully saturated rings. The Morgan fingerprint density at radius 3 is 2.08 bits per heavy atom. The number of nitriles is 1. The Kier molecular flexibility index (Phi) is 12.1. The predicted octanol–water partition coefficient (Wildman–Crippen LogP) is 2.42. The van der Waals surface area contributed by atoms with Crippen LogP contribution in [0.5, 0.6) is 0 Å². The van der Waals surface area contributed by atoms with Crippen LogP contribution in [0.4, 0.5) is 17.6 Å². The molecule has 9 nitrogen and oxygen atoms in total. The Balaban J connectivity index is 0.000000480. The molecule has 0 bridgehead atoms. The second-order valence-electron chi connectivity index (χ2n) is 8.57. The summed E-state index contributed by atoms with van der Waals surface area (Å²) in [6, 6.07) is 4.12. The van der Waals surface area contributed by atoms with Gasteiger partial charge in [-0.1, -0.05) is 20.3 Å². The third-order valence-electron chi connectivity index (χ3n) is 5.49. The molecule has 1 aromatic carbocycles. The molecular formula is C25H33F4N5O4. The standard InChI is InChI=1S/C18H16F4N4O3.C4H9NO.C3H8/c1-24-15(18(20,21)22)8-16(27)26(17(24)28)14-7-12(11(9-23)6-13(14)19)10-25-2-4-29-5-3-25;1-3-6-4-2-5-1;1-3-2/h6-8H,2-5,10H2,1H3;5H,1-4H2;3H2,1-2H3. The van der Waals surface area contributed by atoms with E-state index in [1.54, 1.807) is 0 Å². The van der Waals surface area contributed by atoms with Crippen LogP contribution in [0.3, 0.4) is 0 Å². The molecule has 0 spiro atoms. The molecule has 0 atom stereocenters. The molecule has 2 aliphatic rings. The predicted molar refractivity (Wildman–Crippen MR) is 133 cm³/mol. The van der Waals surface area contributed by atoms with Gasteiger partial charge in [0.15, 0.2) is 0 Å². The molecule has 0 radical (unpaired) electrons. The van der Waals surface area contributed by atoms with Gasteiger partial charge in [-0.25, -0.2) is 13.8 Å². The first-order chi connectivity index (χ1) is 18.0. The van der Waals surface area contributed by atoms with Crippen molar-refractivity contribution in [3.63, 3.8) is 0 Å². The molecule has 210 valence electrons. The molecule has 1 N–H and O–H groups in total. The minimum atomic E-state index is -4.92. The van der Waals surface area contributed by atoms with Gasteiger partial charge in [-0.15, -0.1) is 0 Å². The Bertz CT molecular complexity index is 1200. The summed E-state index contributed by atoms with van der Waals surface area (Å²) in [7, 11) is 0.845. The molecule has 1 aromatic heterocycles. The van der Waals surface area contributed by atoms with Crippen LogP contribution in [0.2, 0.25) is 0 Å². The van der Waals surface area contributed by atoms with E-state index in [0.29, 0.717) is 36.4 Å². The molecule has 0 saturated carbocycles. The number of aromatic nitrogens is 2.